The Hall–Kier alpha value is -2.37. The average Bonchev–Trinajstić information content (AvgIpc) is 3.27. The fraction of sp³-hybridized carbons (Fsp3) is 0.444. The molecule has 2 amide bonds. The maximum absolute atomic E-state index is 13.8. The van der Waals surface area contributed by atoms with Crippen LogP contribution in [0.15, 0.2) is 18.2 Å². The molecule has 0 saturated carbocycles. The number of hydrogen-bond donors (Lipinski definition) is 0. The lowest BCUT2D eigenvalue weighted by Gasteiger charge is -2.21. The van der Waals surface area contributed by atoms with Gasteiger partial charge in [0.25, 0.3) is 5.91 Å². The second-order valence-corrected chi connectivity index (χ2v) is 6.57. The normalized spacial score (nSPS) is 18.2. The van der Waals surface area contributed by atoms with E-state index < -0.39 is 0 Å². The van der Waals surface area contributed by atoms with E-state index in [-0.39, 0.29) is 17.6 Å². The van der Waals surface area contributed by atoms with Crippen molar-refractivity contribution in [3.8, 4) is 0 Å². The van der Waals surface area contributed by atoms with Crippen LogP contribution in [-0.4, -0.2) is 40.9 Å². The summed E-state index contributed by atoms with van der Waals surface area (Å²) in [5.74, 6) is -0.426. The molecule has 0 radical (unpaired) electrons. The molecule has 2 aliphatic rings. The highest BCUT2D eigenvalue weighted by molar-refractivity contribution is 6.14. The summed E-state index contributed by atoms with van der Waals surface area (Å²) in [6, 6.07) is 4.49. The third-order valence-electron chi connectivity index (χ3n) is 5.07. The first-order valence-corrected chi connectivity index (χ1v) is 8.45. The van der Waals surface area contributed by atoms with Crippen molar-refractivity contribution < 1.29 is 14.0 Å². The number of nitrogens with zero attached hydrogens (tertiary/aromatic N) is 3. The van der Waals surface area contributed by atoms with Gasteiger partial charge in [-0.15, -0.1) is 0 Å². The van der Waals surface area contributed by atoms with E-state index in [4.69, 9.17) is 0 Å². The van der Waals surface area contributed by atoms with Gasteiger partial charge >= 0.3 is 0 Å². The van der Waals surface area contributed by atoms with E-state index in [1.54, 1.807) is 15.5 Å². The van der Waals surface area contributed by atoms with Crippen LogP contribution in [0, 0.1) is 5.82 Å². The topological polar surface area (TPSA) is 45.6 Å². The predicted octanol–water partition coefficient (Wildman–Crippen LogP) is 2.68. The van der Waals surface area contributed by atoms with Crippen molar-refractivity contribution in [2.75, 3.05) is 24.5 Å². The minimum Gasteiger partial charge on any atom is -0.338 e. The Balaban J connectivity index is 1.95. The number of likely N-dealkylation sites (tertiary alicyclic amines) is 1. The second-order valence-electron chi connectivity index (χ2n) is 6.57. The van der Waals surface area contributed by atoms with Gasteiger partial charge in [0.1, 0.15) is 11.5 Å². The first-order chi connectivity index (χ1) is 11.6. The van der Waals surface area contributed by atoms with Gasteiger partial charge in [-0.05, 0) is 37.5 Å². The molecule has 2 aliphatic heterocycles. The van der Waals surface area contributed by atoms with E-state index in [1.807, 2.05) is 11.9 Å². The highest BCUT2D eigenvalue weighted by Gasteiger charge is 2.33. The molecule has 126 valence electrons. The molecule has 5 nitrogen and oxygen atoms in total. The first kappa shape index (κ1) is 15.2. The van der Waals surface area contributed by atoms with Crippen LogP contribution < -0.4 is 4.90 Å². The molecule has 1 aromatic carbocycles. The molecule has 6 heteroatoms. The standard InChI is InChI=1S/C18H20FN3O2/c1-20-14-7-6-12(19)11-13(14)16(22-10-4-5-15(22)23)17(20)18(24)21-8-2-3-9-21/h6-7,11H,2-5,8-10H2,1H3. The van der Waals surface area contributed by atoms with Crippen LogP contribution in [0.1, 0.15) is 36.2 Å². The predicted molar refractivity (Wildman–Crippen MR) is 89.6 cm³/mol. The minimum absolute atomic E-state index is 0.00207. The Kier molecular flexibility index (Phi) is 3.55. The Morgan fingerprint density at radius 3 is 2.54 bits per heavy atom. The Labute approximate surface area is 139 Å². The van der Waals surface area contributed by atoms with E-state index in [0.29, 0.717) is 29.7 Å². The molecule has 2 saturated heterocycles. The molecule has 0 spiro atoms. The molecule has 0 N–H and O–H groups in total. The van der Waals surface area contributed by atoms with Gasteiger partial charge in [-0.25, -0.2) is 4.39 Å². The molecule has 0 atom stereocenters. The molecule has 24 heavy (non-hydrogen) atoms. The highest BCUT2D eigenvalue weighted by atomic mass is 19.1. The fourth-order valence-electron chi connectivity index (χ4n) is 3.87. The molecular formula is C18H20FN3O2. The van der Waals surface area contributed by atoms with Gasteiger partial charge in [0.05, 0.1) is 11.2 Å². The maximum atomic E-state index is 13.8. The van der Waals surface area contributed by atoms with Crippen LogP contribution in [0.4, 0.5) is 10.1 Å². The summed E-state index contributed by atoms with van der Waals surface area (Å²) in [5, 5.41) is 0.635. The zero-order valence-corrected chi connectivity index (χ0v) is 13.7. The lowest BCUT2D eigenvalue weighted by Crippen LogP contribution is -2.32. The van der Waals surface area contributed by atoms with Gasteiger partial charge in [0, 0.05) is 38.5 Å². The number of halogens is 1. The minimum atomic E-state index is -0.360. The quantitative estimate of drug-likeness (QED) is 0.850. The molecule has 2 fully saturated rings. The van der Waals surface area contributed by atoms with E-state index in [9.17, 15) is 14.0 Å². The monoisotopic (exact) mass is 329 g/mol. The largest absolute Gasteiger partial charge is 0.338 e. The summed E-state index contributed by atoms with van der Waals surface area (Å²) in [4.78, 5) is 28.9. The highest BCUT2D eigenvalue weighted by Crippen LogP contribution is 2.37. The van der Waals surface area contributed by atoms with Gasteiger partial charge in [0.15, 0.2) is 0 Å². The van der Waals surface area contributed by atoms with E-state index >= 15 is 0 Å². The molecule has 1 aromatic heterocycles. The van der Waals surface area contributed by atoms with E-state index in [0.717, 1.165) is 37.9 Å². The fourth-order valence-corrected chi connectivity index (χ4v) is 3.87. The number of hydrogen-bond acceptors (Lipinski definition) is 2. The molecule has 2 aromatic rings. The number of aromatic nitrogens is 1. The van der Waals surface area contributed by atoms with Crippen LogP contribution >= 0.6 is 0 Å². The van der Waals surface area contributed by atoms with Gasteiger partial charge in [-0.1, -0.05) is 0 Å². The SMILES string of the molecule is Cn1c(C(=O)N2CCCC2)c(N2CCCC2=O)c2cc(F)ccc21. The second kappa shape index (κ2) is 5.61. The van der Waals surface area contributed by atoms with Crippen LogP contribution in [-0.2, 0) is 11.8 Å². The Bertz CT molecular complexity index is 836. The van der Waals surface area contributed by atoms with Crippen molar-refractivity contribution in [2.24, 2.45) is 7.05 Å². The molecule has 0 unspecified atom stereocenters. The number of aryl methyl sites for hydroxylation is 1. The van der Waals surface area contributed by atoms with Gasteiger partial charge in [-0.2, -0.15) is 0 Å². The van der Waals surface area contributed by atoms with Crippen molar-refractivity contribution in [2.45, 2.75) is 25.7 Å². The molecule has 4 rings (SSSR count). The third kappa shape index (κ3) is 2.20. The van der Waals surface area contributed by atoms with E-state index in [2.05, 4.69) is 0 Å². The van der Waals surface area contributed by atoms with Crippen LogP contribution in [0.5, 0.6) is 0 Å². The summed E-state index contributed by atoms with van der Waals surface area (Å²) in [6.45, 7) is 2.05. The Morgan fingerprint density at radius 2 is 1.88 bits per heavy atom. The van der Waals surface area contributed by atoms with Crippen LogP contribution in [0.2, 0.25) is 0 Å². The molecular weight excluding hydrogens is 309 g/mol. The van der Waals surface area contributed by atoms with Crippen LogP contribution in [0.25, 0.3) is 10.9 Å². The van der Waals surface area contributed by atoms with Crippen molar-refractivity contribution in [1.29, 1.82) is 0 Å². The molecule has 0 bridgehead atoms. The smallest absolute Gasteiger partial charge is 0.272 e. The number of benzene rings is 1. The number of amides is 2. The summed E-state index contributed by atoms with van der Waals surface area (Å²) < 4.78 is 15.6. The lowest BCUT2D eigenvalue weighted by molar-refractivity contribution is -0.117. The summed E-state index contributed by atoms with van der Waals surface area (Å²) >= 11 is 0. The zero-order valence-electron chi connectivity index (χ0n) is 13.7. The molecule has 0 aliphatic carbocycles. The average molecular weight is 329 g/mol. The van der Waals surface area contributed by atoms with Crippen molar-refractivity contribution >= 4 is 28.4 Å². The van der Waals surface area contributed by atoms with Gasteiger partial charge in [-0.3, -0.25) is 9.59 Å². The zero-order chi connectivity index (χ0) is 16.8. The van der Waals surface area contributed by atoms with Crippen molar-refractivity contribution in [3.05, 3.63) is 29.7 Å². The first-order valence-electron chi connectivity index (χ1n) is 8.45. The lowest BCUT2D eigenvalue weighted by atomic mass is 10.2. The number of carbonyl (C=O) groups is 2. The Morgan fingerprint density at radius 1 is 1.12 bits per heavy atom. The summed E-state index contributed by atoms with van der Waals surface area (Å²) in [6.07, 6.45) is 3.25. The number of fused-ring (bicyclic) bond motifs is 1. The third-order valence-corrected chi connectivity index (χ3v) is 5.07. The molecule has 3 heterocycles. The summed E-state index contributed by atoms with van der Waals surface area (Å²) in [7, 11) is 1.81. The number of anilines is 1. The maximum Gasteiger partial charge on any atom is 0.272 e. The summed E-state index contributed by atoms with van der Waals surface area (Å²) in [5.41, 5.74) is 1.84. The van der Waals surface area contributed by atoms with E-state index in [1.165, 1.54) is 12.1 Å². The van der Waals surface area contributed by atoms with Crippen molar-refractivity contribution in [3.63, 3.8) is 0 Å². The van der Waals surface area contributed by atoms with Crippen molar-refractivity contribution in [1.82, 2.24) is 9.47 Å². The van der Waals surface area contributed by atoms with Gasteiger partial charge in [0.2, 0.25) is 5.91 Å². The van der Waals surface area contributed by atoms with Crippen LogP contribution in [0.3, 0.4) is 0 Å². The number of rotatable bonds is 2. The number of carbonyl (C=O) groups excluding carboxylic acids is 2. The van der Waals surface area contributed by atoms with Gasteiger partial charge < -0.3 is 14.4 Å².